The third-order valence-electron chi connectivity index (χ3n) is 3.84. The summed E-state index contributed by atoms with van der Waals surface area (Å²) in [5, 5.41) is 0.962. The fourth-order valence-electron chi connectivity index (χ4n) is 2.20. The van der Waals surface area contributed by atoms with E-state index in [9.17, 15) is 8.42 Å². The maximum Gasteiger partial charge on any atom is 0.240 e. The van der Waals surface area contributed by atoms with E-state index in [0.717, 1.165) is 5.84 Å². The largest absolute Gasteiger partial charge is 0.495 e. The van der Waals surface area contributed by atoms with E-state index in [1.807, 2.05) is 18.9 Å². The van der Waals surface area contributed by atoms with Gasteiger partial charge in [0.2, 0.25) is 10.0 Å². The molecule has 0 radical (unpaired) electrons. The highest BCUT2D eigenvalue weighted by Crippen LogP contribution is 2.28. The number of halogens is 2. The van der Waals surface area contributed by atoms with Crippen LogP contribution in [-0.4, -0.2) is 46.4 Å². The second kappa shape index (κ2) is 9.41. The molecule has 0 aliphatic heterocycles. The molecule has 0 unspecified atom stereocenters. The van der Waals surface area contributed by atoms with E-state index in [1.165, 1.54) is 12.1 Å². The summed E-state index contributed by atoms with van der Waals surface area (Å²) in [6.07, 6.45) is 0. The first-order chi connectivity index (χ1) is 12.7. The quantitative estimate of drug-likeness (QED) is 0.533. The van der Waals surface area contributed by atoms with Crippen molar-refractivity contribution >= 4 is 44.7 Å². The summed E-state index contributed by atoms with van der Waals surface area (Å²) in [5.74, 6) is 1.31. The fraction of sp³-hybridized carbons (Fsp3) is 0.278. The first-order valence-corrected chi connectivity index (χ1v) is 10.3. The molecular weight excluding hydrogens is 409 g/mol. The molecule has 27 heavy (non-hydrogen) atoms. The van der Waals surface area contributed by atoms with Gasteiger partial charge in [0.05, 0.1) is 22.7 Å². The number of amidine groups is 1. The third-order valence-corrected chi connectivity index (χ3v) is 5.87. The second-order valence-corrected chi connectivity index (χ2v) is 8.36. The maximum atomic E-state index is 12.3. The number of nitrogens with one attached hydrogen (secondary N) is 1. The van der Waals surface area contributed by atoms with Gasteiger partial charge in [-0.3, -0.25) is 0 Å². The van der Waals surface area contributed by atoms with Gasteiger partial charge in [0.1, 0.15) is 11.6 Å². The Morgan fingerprint density at radius 3 is 2.44 bits per heavy atom. The van der Waals surface area contributed by atoms with E-state index in [0.29, 0.717) is 28.0 Å². The molecule has 2 rings (SSSR count). The molecular formula is C18H21Cl2N3O3S. The number of hydrogen-bond acceptors (Lipinski definition) is 4. The molecule has 0 bridgehead atoms. The Morgan fingerprint density at radius 1 is 1.19 bits per heavy atom. The molecule has 0 heterocycles. The number of aliphatic imine (C=N–C) groups is 1. The zero-order valence-electron chi connectivity index (χ0n) is 15.2. The monoisotopic (exact) mass is 429 g/mol. The lowest BCUT2D eigenvalue weighted by molar-refractivity contribution is 0.415. The highest BCUT2D eigenvalue weighted by Gasteiger charge is 2.13. The van der Waals surface area contributed by atoms with Crippen LogP contribution >= 0.6 is 23.2 Å². The molecule has 0 spiro atoms. The van der Waals surface area contributed by atoms with Crippen LogP contribution in [0.2, 0.25) is 10.0 Å². The first-order valence-electron chi connectivity index (χ1n) is 8.08. The summed E-state index contributed by atoms with van der Waals surface area (Å²) in [6.45, 7) is 2.52. The van der Waals surface area contributed by atoms with Gasteiger partial charge in [-0.25, -0.2) is 18.1 Å². The second-order valence-electron chi connectivity index (χ2n) is 5.75. The molecule has 0 amide bonds. The molecule has 0 aliphatic rings. The van der Waals surface area contributed by atoms with Crippen molar-refractivity contribution in [3.05, 3.63) is 52.5 Å². The first kappa shape index (κ1) is 21.5. The maximum absolute atomic E-state index is 12.3. The van der Waals surface area contributed by atoms with Crippen molar-refractivity contribution in [2.24, 2.45) is 4.99 Å². The third kappa shape index (κ3) is 6.10. The zero-order chi connectivity index (χ0) is 20.0. The summed E-state index contributed by atoms with van der Waals surface area (Å²) in [5.41, 5.74) is 0.687. The molecule has 0 aliphatic carbocycles. The van der Waals surface area contributed by atoms with Crippen molar-refractivity contribution in [3.63, 3.8) is 0 Å². The Kier molecular flexibility index (Phi) is 7.49. The van der Waals surface area contributed by atoms with Crippen LogP contribution in [0.5, 0.6) is 5.75 Å². The van der Waals surface area contributed by atoms with Gasteiger partial charge in [-0.15, -0.1) is 0 Å². The lowest BCUT2D eigenvalue weighted by atomic mass is 10.3. The van der Waals surface area contributed by atoms with Gasteiger partial charge in [0, 0.05) is 25.2 Å². The van der Waals surface area contributed by atoms with Gasteiger partial charge in [0.15, 0.2) is 0 Å². The fourth-order valence-corrected chi connectivity index (χ4v) is 3.60. The van der Waals surface area contributed by atoms with Crippen LogP contribution in [0.25, 0.3) is 0 Å². The predicted octanol–water partition coefficient (Wildman–Crippen LogP) is 3.96. The van der Waals surface area contributed by atoms with Crippen molar-refractivity contribution in [1.29, 1.82) is 0 Å². The average Bonchev–Trinajstić information content (AvgIpc) is 2.62. The van der Waals surface area contributed by atoms with E-state index in [4.69, 9.17) is 27.9 Å². The van der Waals surface area contributed by atoms with Crippen molar-refractivity contribution in [2.75, 3.05) is 27.2 Å². The minimum absolute atomic E-state index is 0.174. The van der Waals surface area contributed by atoms with E-state index < -0.39 is 10.0 Å². The topological polar surface area (TPSA) is 71.0 Å². The van der Waals surface area contributed by atoms with Crippen LogP contribution in [-0.2, 0) is 10.0 Å². The number of hydrogen-bond donors (Lipinski definition) is 1. The average molecular weight is 430 g/mol. The zero-order valence-corrected chi connectivity index (χ0v) is 17.6. The molecule has 9 heteroatoms. The van der Waals surface area contributed by atoms with E-state index in [1.54, 1.807) is 37.4 Å². The van der Waals surface area contributed by atoms with Crippen LogP contribution in [0.1, 0.15) is 6.92 Å². The highest BCUT2D eigenvalue weighted by molar-refractivity contribution is 7.89. The van der Waals surface area contributed by atoms with Crippen molar-refractivity contribution in [3.8, 4) is 5.75 Å². The molecule has 0 aromatic heterocycles. The number of nitrogens with zero attached hydrogens (tertiary/aromatic N) is 2. The molecule has 0 fully saturated rings. The number of methoxy groups -OCH3 is 1. The number of sulfonamides is 1. The Labute approximate surface area is 169 Å². The van der Waals surface area contributed by atoms with E-state index >= 15 is 0 Å². The molecule has 1 N–H and O–H groups in total. The van der Waals surface area contributed by atoms with Gasteiger partial charge < -0.3 is 9.64 Å². The van der Waals surface area contributed by atoms with Crippen LogP contribution in [0, 0.1) is 0 Å². The smallest absolute Gasteiger partial charge is 0.240 e. The molecule has 2 aromatic carbocycles. The summed E-state index contributed by atoms with van der Waals surface area (Å²) < 4.78 is 32.2. The highest BCUT2D eigenvalue weighted by atomic mass is 35.5. The van der Waals surface area contributed by atoms with Gasteiger partial charge in [-0.1, -0.05) is 23.2 Å². The summed E-state index contributed by atoms with van der Waals surface area (Å²) in [6, 6.07) is 11.3. The molecule has 6 nitrogen and oxygen atoms in total. The summed E-state index contributed by atoms with van der Waals surface area (Å²) in [7, 11) is -0.193. The number of rotatable bonds is 7. The number of benzene rings is 2. The normalized spacial score (nSPS) is 12.1. The van der Waals surface area contributed by atoms with Crippen LogP contribution in [0.4, 0.5) is 5.69 Å². The number of ether oxygens (including phenoxy) is 1. The Balaban J connectivity index is 1.95. The minimum Gasteiger partial charge on any atom is -0.495 e. The molecule has 0 saturated heterocycles. The molecule has 146 valence electrons. The van der Waals surface area contributed by atoms with Gasteiger partial charge >= 0.3 is 0 Å². The van der Waals surface area contributed by atoms with Gasteiger partial charge in [-0.2, -0.15) is 0 Å². The van der Waals surface area contributed by atoms with E-state index in [2.05, 4.69) is 9.71 Å². The standard InChI is InChI=1S/C18H21Cl2N3O3S/c1-13(22-15-6-9-18(26-3)17(20)12-15)23(2)11-10-21-27(24,25)16-7-4-14(19)5-8-16/h4-9,12,21H,10-11H2,1-3H3. The number of likely N-dealkylation sites (N-methyl/N-ethyl adjacent to an activating group) is 1. The molecule has 0 saturated carbocycles. The van der Waals surface area contributed by atoms with Crippen molar-refractivity contribution in [2.45, 2.75) is 11.8 Å². The summed E-state index contributed by atoms with van der Waals surface area (Å²) >= 11 is 11.9. The predicted molar refractivity (Wildman–Crippen MR) is 110 cm³/mol. The lowest BCUT2D eigenvalue weighted by Crippen LogP contribution is -2.35. The van der Waals surface area contributed by atoms with Gasteiger partial charge in [0.25, 0.3) is 0 Å². The summed E-state index contributed by atoms with van der Waals surface area (Å²) in [4.78, 5) is 6.51. The van der Waals surface area contributed by atoms with Gasteiger partial charge in [-0.05, 0) is 49.4 Å². The van der Waals surface area contributed by atoms with E-state index in [-0.39, 0.29) is 11.4 Å². The molecule has 0 atom stereocenters. The SMILES string of the molecule is COc1ccc(N=C(C)N(C)CCNS(=O)(=O)c2ccc(Cl)cc2)cc1Cl. The molecule has 2 aromatic rings. The Bertz CT molecular complexity index is 916. The minimum atomic E-state index is -3.58. The Hall–Kier alpha value is -1.80. The van der Waals surface area contributed by atoms with Crippen molar-refractivity contribution in [1.82, 2.24) is 9.62 Å². The van der Waals surface area contributed by atoms with Crippen LogP contribution in [0.15, 0.2) is 52.4 Å². The van der Waals surface area contributed by atoms with Crippen molar-refractivity contribution < 1.29 is 13.2 Å². The lowest BCUT2D eigenvalue weighted by Gasteiger charge is -2.19. The van der Waals surface area contributed by atoms with Crippen LogP contribution in [0.3, 0.4) is 0 Å². The Morgan fingerprint density at radius 2 is 1.85 bits per heavy atom. The van der Waals surface area contributed by atoms with Crippen LogP contribution < -0.4 is 9.46 Å².